The predicted molar refractivity (Wildman–Crippen MR) is 38.1 cm³/mol. The Morgan fingerprint density at radius 3 is 2.90 bits per heavy atom. The van der Waals surface area contributed by atoms with Crippen LogP contribution in [0.4, 0.5) is 0 Å². The van der Waals surface area contributed by atoms with Gasteiger partial charge in [0.15, 0.2) is 0 Å². The van der Waals surface area contributed by atoms with E-state index in [1.807, 2.05) is 18.2 Å². The summed E-state index contributed by atoms with van der Waals surface area (Å²) in [7, 11) is 1.68. The average Bonchev–Trinajstić information content (AvgIpc) is 2.48. The Bertz CT molecular complexity index is 310. The minimum atomic E-state index is 0.642. The van der Waals surface area contributed by atoms with Gasteiger partial charge in [0.2, 0.25) is 0 Å². The van der Waals surface area contributed by atoms with Crippen LogP contribution in [0.25, 0.3) is 11.2 Å². The summed E-state index contributed by atoms with van der Waals surface area (Å²) in [6.07, 6.45) is 0. The second-order valence-corrected chi connectivity index (χ2v) is 2.30. The highest BCUT2D eigenvalue weighted by molar-refractivity contribution is 5.65. The third-order valence-corrected chi connectivity index (χ3v) is 1.56. The monoisotopic (exact) mass is 136 g/mol. The van der Waals surface area contributed by atoms with Crippen LogP contribution in [0, 0.1) is 0 Å². The fourth-order valence-electron chi connectivity index (χ4n) is 1.11. The van der Waals surface area contributed by atoms with E-state index in [9.17, 15) is 0 Å². The minimum Gasteiger partial charge on any atom is -0.457 e. The Morgan fingerprint density at radius 2 is 2.40 bits per heavy atom. The quantitative estimate of drug-likeness (QED) is 0.630. The van der Waals surface area contributed by atoms with Crippen LogP contribution < -0.4 is 0 Å². The van der Waals surface area contributed by atoms with Gasteiger partial charge in [-0.15, -0.1) is 0 Å². The molecule has 0 saturated carbocycles. The summed E-state index contributed by atoms with van der Waals surface area (Å²) < 4.78 is 10.2. The lowest BCUT2D eigenvalue weighted by Crippen LogP contribution is -1.83. The van der Waals surface area contributed by atoms with Crippen molar-refractivity contribution in [2.45, 2.75) is 6.61 Å². The van der Waals surface area contributed by atoms with Crippen LogP contribution in [-0.2, 0) is 11.3 Å². The lowest BCUT2D eigenvalue weighted by Gasteiger charge is -1.92. The van der Waals surface area contributed by atoms with E-state index in [1.54, 1.807) is 7.11 Å². The van der Waals surface area contributed by atoms with Gasteiger partial charge in [-0.1, -0.05) is 0 Å². The molecule has 0 atom stereocenters. The molecule has 52 valence electrons. The molecule has 2 heterocycles. The van der Waals surface area contributed by atoms with Crippen LogP contribution in [0.5, 0.6) is 0 Å². The molecule has 10 heavy (non-hydrogen) atoms. The van der Waals surface area contributed by atoms with Crippen LogP contribution in [0.3, 0.4) is 0 Å². The predicted octanol–water partition coefficient (Wildman–Crippen LogP) is 2.02. The highest BCUT2D eigenvalue weighted by atomic mass is 16.5. The van der Waals surface area contributed by atoms with E-state index >= 15 is 0 Å². The average molecular weight is 136 g/mol. The first-order valence-corrected chi connectivity index (χ1v) is 3.20. The first-order valence-electron chi connectivity index (χ1n) is 3.20. The van der Waals surface area contributed by atoms with Crippen molar-refractivity contribution in [2.24, 2.45) is 0 Å². The van der Waals surface area contributed by atoms with Crippen molar-refractivity contribution in [1.82, 2.24) is 0 Å². The fourth-order valence-corrected chi connectivity index (χ4v) is 1.11. The van der Waals surface area contributed by atoms with E-state index in [2.05, 4.69) is 0 Å². The van der Waals surface area contributed by atoms with E-state index in [0.29, 0.717) is 6.61 Å². The van der Waals surface area contributed by atoms with Crippen LogP contribution in [0.15, 0.2) is 22.6 Å². The van der Waals surface area contributed by atoms with Gasteiger partial charge in [0.1, 0.15) is 11.2 Å². The van der Waals surface area contributed by atoms with Gasteiger partial charge in [0.05, 0.1) is 6.61 Å². The normalized spacial score (nSPS) is 11.3. The molecule has 0 N–H and O–H groups in total. The highest BCUT2D eigenvalue weighted by Crippen LogP contribution is 2.21. The number of fused-ring (bicyclic) bond motifs is 2. The van der Waals surface area contributed by atoms with Crippen LogP contribution in [-0.4, -0.2) is 7.11 Å². The van der Waals surface area contributed by atoms with Crippen LogP contribution >= 0.6 is 0 Å². The van der Waals surface area contributed by atoms with Gasteiger partial charge >= 0.3 is 0 Å². The summed E-state index contributed by atoms with van der Waals surface area (Å²) in [5.41, 5.74) is 3.01. The topological polar surface area (TPSA) is 22.4 Å². The molecule has 2 aromatic heterocycles. The first kappa shape index (κ1) is 5.74. The maximum absolute atomic E-state index is 5.29. The molecule has 0 aliphatic heterocycles. The van der Waals surface area contributed by atoms with Crippen molar-refractivity contribution in [3.8, 4) is 0 Å². The third kappa shape index (κ3) is 0.693. The number of methoxy groups -OCH3 is 1. The van der Waals surface area contributed by atoms with Crippen LogP contribution in [0.2, 0.25) is 0 Å². The number of hydrogen-bond donors (Lipinski definition) is 0. The molecular formula is C8H8O2. The van der Waals surface area contributed by atoms with Gasteiger partial charge in [-0.3, -0.25) is 0 Å². The molecule has 2 rings (SSSR count). The molecule has 0 saturated heterocycles. The largest absolute Gasteiger partial charge is 0.457 e. The molecule has 0 unspecified atom stereocenters. The van der Waals surface area contributed by atoms with Gasteiger partial charge < -0.3 is 9.15 Å². The van der Waals surface area contributed by atoms with Gasteiger partial charge in [0, 0.05) is 12.7 Å². The summed E-state index contributed by atoms with van der Waals surface area (Å²) in [4.78, 5) is 0. The zero-order valence-corrected chi connectivity index (χ0v) is 5.76. The van der Waals surface area contributed by atoms with Crippen molar-refractivity contribution >= 4 is 11.2 Å². The number of furan rings is 2. The zero-order valence-electron chi connectivity index (χ0n) is 5.76. The lowest BCUT2D eigenvalue weighted by molar-refractivity contribution is 0.185. The van der Waals surface area contributed by atoms with Crippen molar-refractivity contribution < 1.29 is 9.15 Å². The first-order chi connectivity index (χ1) is 4.90. The van der Waals surface area contributed by atoms with Gasteiger partial charge in [-0.05, 0) is 18.2 Å². The summed E-state index contributed by atoms with van der Waals surface area (Å²) in [6, 6.07) is 5.91. The van der Waals surface area contributed by atoms with Gasteiger partial charge in [-0.2, -0.15) is 0 Å². The molecule has 0 spiro atoms. The van der Waals surface area contributed by atoms with Crippen molar-refractivity contribution in [1.29, 1.82) is 0 Å². The lowest BCUT2D eigenvalue weighted by atomic mass is 10.2. The third-order valence-electron chi connectivity index (χ3n) is 1.56. The van der Waals surface area contributed by atoms with Gasteiger partial charge in [-0.25, -0.2) is 0 Å². The number of benzene rings is 1. The molecule has 2 aromatic rings. The second-order valence-electron chi connectivity index (χ2n) is 2.30. The summed E-state index contributed by atoms with van der Waals surface area (Å²) >= 11 is 0. The van der Waals surface area contributed by atoms with Crippen molar-refractivity contribution in [2.75, 3.05) is 7.11 Å². The standard InChI is InChI=1S/C8H8O2/c1-9-5-6-4-7-2-3-8(6)10-7/h2-4H,5H2,1H3. The van der Waals surface area contributed by atoms with Crippen LogP contribution in [0.1, 0.15) is 5.56 Å². The van der Waals surface area contributed by atoms with Crippen molar-refractivity contribution in [3.05, 3.63) is 23.8 Å². The molecule has 0 amide bonds. The maximum Gasteiger partial charge on any atom is 0.133 e. The maximum atomic E-state index is 5.29. The number of hydrogen-bond acceptors (Lipinski definition) is 2. The summed E-state index contributed by atoms with van der Waals surface area (Å²) in [5.74, 6) is 0. The Hall–Kier alpha value is -1.02. The minimum absolute atomic E-state index is 0.642. The van der Waals surface area contributed by atoms with E-state index in [1.165, 1.54) is 0 Å². The summed E-state index contributed by atoms with van der Waals surface area (Å²) in [5, 5.41) is 0. The molecule has 2 nitrogen and oxygen atoms in total. The molecule has 0 aliphatic carbocycles. The smallest absolute Gasteiger partial charge is 0.133 e. The fraction of sp³-hybridized carbons (Fsp3) is 0.250. The molecule has 2 bridgehead atoms. The molecule has 0 fully saturated rings. The Labute approximate surface area is 58.7 Å². The van der Waals surface area contributed by atoms with Crippen molar-refractivity contribution in [3.63, 3.8) is 0 Å². The van der Waals surface area contributed by atoms with E-state index < -0.39 is 0 Å². The molecule has 0 radical (unpaired) electrons. The van der Waals surface area contributed by atoms with E-state index in [0.717, 1.165) is 16.7 Å². The number of rotatable bonds is 2. The Kier molecular flexibility index (Phi) is 1.14. The Balaban J connectivity index is 2.43. The number of ether oxygens (including phenoxy) is 1. The Morgan fingerprint density at radius 1 is 1.50 bits per heavy atom. The summed E-state index contributed by atoms with van der Waals surface area (Å²) in [6.45, 7) is 0.642. The SMILES string of the molecule is COCc1cc2ccc1o2. The molecule has 0 aromatic carbocycles. The molecular weight excluding hydrogens is 128 g/mol. The molecule has 0 aliphatic rings. The zero-order chi connectivity index (χ0) is 6.97. The van der Waals surface area contributed by atoms with Gasteiger partial charge in [0.25, 0.3) is 0 Å². The van der Waals surface area contributed by atoms with E-state index in [4.69, 9.17) is 9.15 Å². The second kappa shape index (κ2) is 1.99. The van der Waals surface area contributed by atoms with E-state index in [-0.39, 0.29) is 0 Å². The molecule has 2 heteroatoms. The highest BCUT2D eigenvalue weighted by Gasteiger charge is 2.04.